The molecule has 2 N–H and O–H groups in total. The van der Waals surface area contributed by atoms with E-state index in [9.17, 15) is 14.0 Å². The molecule has 0 aliphatic carbocycles. The Kier molecular flexibility index (Phi) is 4.22. The highest BCUT2D eigenvalue weighted by Gasteiger charge is 2.34. The van der Waals surface area contributed by atoms with Crippen LogP contribution in [0.4, 0.5) is 9.18 Å². The van der Waals surface area contributed by atoms with Crippen LogP contribution in [0.5, 0.6) is 0 Å². The molecule has 0 spiro atoms. The van der Waals surface area contributed by atoms with E-state index in [1.165, 1.54) is 17.0 Å². The van der Waals surface area contributed by atoms with Gasteiger partial charge in [0.25, 0.3) is 0 Å². The first kappa shape index (κ1) is 14.3. The highest BCUT2D eigenvalue weighted by Crippen LogP contribution is 2.19. The topological polar surface area (TPSA) is 69.6 Å². The molecule has 1 aliphatic heterocycles. The van der Waals surface area contributed by atoms with Crippen LogP contribution in [-0.2, 0) is 4.79 Å². The van der Waals surface area contributed by atoms with Gasteiger partial charge in [-0.25, -0.2) is 14.0 Å². The molecule has 2 atom stereocenters. The first-order valence-electron chi connectivity index (χ1n) is 6.54. The van der Waals surface area contributed by atoms with E-state index in [2.05, 4.69) is 5.32 Å². The molecule has 1 aromatic rings. The van der Waals surface area contributed by atoms with Gasteiger partial charge in [0.05, 0.1) is 6.04 Å². The van der Waals surface area contributed by atoms with Gasteiger partial charge in [0.1, 0.15) is 11.9 Å². The summed E-state index contributed by atoms with van der Waals surface area (Å²) in [5, 5.41) is 11.8. The first-order chi connectivity index (χ1) is 9.49. The molecular weight excluding hydrogens is 263 g/mol. The van der Waals surface area contributed by atoms with Crippen LogP contribution in [0.25, 0.3) is 0 Å². The summed E-state index contributed by atoms with van der Waals surface area (Å²) < 4.78 is 12.8. The van der Waals surface area contributed by atoms with Crippen molar-refractivity contribution in [1.82, 2.24) is 10.2 Å². The Hall–Kier alpha value is -2.11. The third-order valence-corrected chi connectivity index (χ3v) is 3.51. The Morgan fingerprint density at radius 2 is 2.05 bits per heavy atom. The van der Waals surface area contributed by atoms with E-state index in [0.29, 0.717) is 19.4 Å². The van der Waals surface area contributed by atoms with E-state index in [-0.39, 0.29) is 11.9 Å². The van der Waals surface area contributed by atoms with Crippen LogP contribution in [0.2, 0.25) is 0 Å². The fourth-order valence-corrected chi connectivity index (χ4v) is 2.37. The van der Waals surface area contributed by atoms with Crippen molar-refractivity contribution in [3.8, 4) is 0 Å². The van der Waals surface area contributed by atoms with Crippen molar-refractivity contribution in [2.24, 2.45) is 0 Å². The number of nitrogens with one attached hydrogen (secondary N) is 1. The minimum Gasteiger partial charge on any atom is -0.480 e. The summed E-state index contributed by atoms with van der Waals surface area (Å²) in [7, 11) is 0. The second-order valence-electron chi connectivity index (χ2n) is 4.91. The van der Waals surface area contributed by atoms with E-state index in [1.54, 1.807) is 19.1 Å². The number of benzene rings is 1. The molecule has 0 bridgehead atoms. The van der Waals surface area contributed by atoms with E-state index >= 15 is 0 Å². The lowest BCUT2D eigenvalue weighted by Gasteiger charge is -2.24. The van der Waals surface area contributed by atoms with Crippen LogP contribution >= 0.6 is 0 Å². The van der Waals surface area contributed by atoms with Crippen molar-refractivity contribution in [2.45, 2.75) is 31.8 Å². The van der Waals surface area contributed by atoms with Crippen molar-refractivity contribution in [1.29, 1.82) is 0 Å². The zero-order chi connectivity index (χ0) is 14.7. The number of carboxylic acid groups (broad SMARTS) is 1. The zero-order valence-electron chi connectivity index (χ0n) is 11.2. The van der Waals surface area contributed by atoms with Crippen LogP contribution < -0.4 is 5.32 Å². The molecule has 1 saturated heterocycles. The molecule has 20 heavy (non-hydrogen) atoms. The Labute approximate surface area is 116 Å². The van der Waals surface area contributed by atoms with Crippen LogP contribution in [0.1, 0.15) is 31.4 Å². The number of carbonyl (C=O) groups is 2. The minimum atomic E-state index is -0.980. The smallest absolute Gasteiger partial charge is 0.326 e. The lowest BCUT2D eigenvalue weighted by molar-refractivity contribution is -0.141. The molecule has 1 aromatic carbocycles. The molecule has 1 unspecified atom stereocenters. The van der Waals surface area contributed by atoms with Crippen molar-refractivity contribution in [2.75, 3.05) is 6.54 Å². The fourth-order valence-electron chi connectivity index (χ4n) is 2.37. The number of amides is 2. The predicted molar refractivity (Wildman–Crippen MR) is 70.7 cm³/mol. The number of hydrogen-bond donors (Lipinski definition) is 2. The number of nitrogens with zero attached hydrogens (tertiary/aromatic N) is 1. The summed E-state index contributed by atoms with van der Waals surface area (Å²) in [6.07, 6.45) is 1.17. The number of rotatable bonds is 3. The fraction of sp³-hybridized carbons (Fsp3) is 0.429. The summed E-state index contributed by atoms with van der Waals surface area (Å²) in [6, 6.07) is 4.39. The van der Waals surface area contributed by atoms with Gasteiger partial charge >= 0.3 is 12.0 Å². The molecule has 0 radical (unpaired) electrons. The van der Waals surface area contributed by atoms with Gasteiger partial charge in [-0.3, -0.25) is 0 Å². The molecule has 2 rings (SSSR count). The number of halogens is 1. The van der Waals surface area contributed by atoms with Gasteiger partial charge in [-0.05, 0) is 37.5 Å². The summed E-state index contributed by atoms with van der Waals surface area (Å²) in [5.41, 5.74) is 0.769. The Balaban J connectivity index is 2.00. The number of carboxylic acids is 1. The number of urea groups is 1. The Morgan fingerprint density at radius 3 is 2.65 bits per heavy atom. The first-order valence-corrected chi connectivity index (χ1v) is 6.54. The molecule has 0 aromatic heterocycles. The van der Waals surface area contributed by atoms with Gasteiger partial charge in [-0.1, -0.05) is 12.1 Å². The average Bonchev–Trinajstić information content (AvgIpc) is 2.88. The molecular formula is C14H17FN2O3. The lowest BCUT2D eigenvalue weighted by atomic mass is 10.1. The van der Waals surface area contributed by atoms with Gasteiger partial charge in [-0.15, -0.1) is 0 Å². The quantitative estimate of drug-likeness (QED) is 0.891. The van der Waals surface area contributed by atoms with E-state index in [4.69, 9.17) is 5.11 Å². The molecule has 1 aliphatic rings. The molecule has 1 heterocycles. The van der Waals surface area contributed by atoms with Gasteiger partial charge in [0, 0.05) is 6.54 Å². The molecule has 108 valence electrons. The largest absolute Gasteiger partial charge is 0.480 e. The monoisotopic (exact) mass is 280 g/mol. The molecule has 5 nitrogen and oxygen atoms in total. The van der Waals surface area contributed by atoms with E-state index in [1.807, 2.05) is 0 Å². The van der Waals surface area contributed by atoms with Gasteiger partial charge in [0.15, 0.2) is 0 Å². The van der Waals surface area contributed by atoms with Gasteiger partial charge in [-0.2, -0.15) is 0 Å². The SMILES string of the molecule is CC(NC(=O)N1CCC[C@H]1C(=O)O)c1ccc(F)cc1. The highest BCUT2D eigenvalue weighted by atomic mass is 19.1. The maximum Gasteiger partial charge on any atom is 0.326 e. The minimum absolute atomic E-state index is 0.307. The molecule has 2 amide bonds. The standard InChI is InChI=1S/C14H17FN2O3/c1-9(10-4-6-11(15)7-5-10)16-14(20)17-8-2-3-12(17)13(18)19/h4-7,9,12H,2-3,8H2,1H3,(H,16,20)(H,18,19)/t9?,12-/m0/s1. The molecule has 1 fully saturated rings. The predicted octanol–water partition coefficient (Wildman–Crippen LogP) is 2.15. The Morgan fingerprint density at radius 1 is 1.40 bits per heavy atom. The second kappa shape index (κ2) is 5.90. The lowest BCUT2D eigenvalue weighted by Crippen LogP contribution is -2.46. The number of aliphatic carboxylic acids is 1. The number of likely N-dealkylation sites (tertiary alicyclic amines) is 1. The van der Waals surface area contributed by atoms with Crippen molar-refractivity contribution < 1.29 is 19.1 Å². The normalized spacial score (nSPS) is 19.7. The second-order valence-corrected chi connectivity index (χ2v) is 4.91. The molecule has 6 heteroatoms. The van der Waals surface area contributed by atoms with Crippen LogP contribution in [0.3, 0.4) is 0 Å². The van der Waals surface area contributed by atoms with E-state index in [0.717, 1.165) is 5.56 Å². The number of carbonyl (C=O) groups excluding carboxylic acids is 1. The molecule has 0 saturated carbocycles. The average molecular weight is 280 g/mol. The third kappa shape index (κ3) is 3.07. The maximum absolute atomic E-state index is 12.8. The number of hydrogen-bond acceptors (Lipinski definition) is 2. The van der Waals surface area contributed by atoms with Crippen molar-refractivity contribution in [3.63, 3.8) is 0 Å². The zero-order valence-corrected chi connectivity index (χ0v) is 11.2. The Bertz CT molecular complexity index is 504. The maximum atomic E-state index is 12.8. The van der Waals surface area contributed by atoms with E-state index < -0.39 is 18.0 Å². The highest BCUT2D eigenvalue weighted by molar-refractivity contribution is 5.83. The third-order valence-electron chi connectivity index (χ3n) is 3.51. The summed E-state index contributed by atoms with van der Waals surface area (Å²) in [4.78, 5) is 24.5. The summed E-state index contributed by atoms with van der Waals surface area (Å²) >= 11 is 0. The summed E-state index contributed by atoms with van der Waals surface area (Å²) in [5.74, 6) is -1.31. The van der Waals surface area contributed by atoms with Gasteiger partial charge < -0.3 is 15.3 Å². The van der Waals surface area contributed by atoms with Crippen LogP contribution in [0.15, 0.2) is 24.3 Å². The van der Waals surface area contributed by atoms with Crippen LogP contribution in [0, 0.1) is 5.82 Å². The van der Waals surface area contributed by atoms with Gasteiger partial charge in [0.2, 0.25) is 0 Å². The summed E-state index contributed by atoms with van der Waals surface area (Å²) in [6.45, 7) is 2.22. The van der Waals surface area contributed by atoms with Crippen LogP contribution in [-0.4, -0.2) is 34.6 Å². The van der Waals surface area contributed by atoms with Crippen molar-refractivity contribution in [3.05, 3.63) is 35.6 Å². The van der Waals surface area contributed by atoms with Crippen molar-refractivity contribution >= 4 is 12.0 Å².